The Labute approximate surface area is 72.3 Å². The van der Waals surface area contributed by atoms with E-state index in [-0.39, 0.29) is 5.56 Å². The Bertz CT molecular complexity index is 299. The molecule has 0 heterocycles. The lowest BCUT2D eigenvalue weighted by Crippen LogP contribution is -1.79. The van der Waals surface area contributed by atoms with Crippen LogP contribution in [0.15, 0.2) is 29.6 Å². The minimum Gasteiger partial charge on any atom is -0.207 e. The van der Waals surface area contributed by atoms with E-state index in [0.29, 0.717) is 0 Å². The van der Waals surface area contributed by atoms with Crippen molar-refractivity contribution in [3.8, 4) is 0 Å². The van der Waals surface area contributed by atoms with Gasteiger partial charge < -0.3 is 0 Å². The summed E-state index contributed by atoms with van der Waals surface area (Å²) < 4.78 is 37.0. The fourth-order valence-corrected chi connectivity index (χ4v) is 0.814. The molecule has 1 aromatic rings. The summed E-state index contributed by atoms with van der Waals surface area (Å²) in [6, 6.07) is 4.25. The second-order valence-electron chi connectivity index (χ2n) is 2.08. The zero-order chi connectivity index (χ0) is 9.14. The molecule has 0 aliphatic heterocycles. The summed E-state index contributed by atoms with van der Waals surface area (Å²) >= 11 is 4.75. The molecule has 0 atom stereocenters. The molecule has 0 nitrogen and oxygen atoms in total. The lowest BCUT2D eigenvalue weighted by atomic mass is 10.2. The molecule has 0 unspecified atom stereocenters. The van der Waals surface area contributed by atoms with Gasteiger partial charge in [-0.15, -0.1) is 0 Å². The average Bonchev–Trinajstić information content (AvgIpc) is 2.04. The van der Waals surface area contributed by atoms with Crippen molar-refractivity contribution in [3.05, 3.63) is 40.9 Å². The van der Waals surface area contributed by atoms with Gasteiger partial charge in [-0.1, -0.05) is 0 Å². The lowest BCUT2D eigenvalue weighted by Gasteiger charge is -1.95. The quantitative estimate of drug-likeness (QED) is 0.638. The smallest absolute Gasteiger partial charge is 0.207 e. The fourth-order valence-electron chi connectivity index (χ4n) is 0.705. The number of hydrogen-bond acceptors (Lipinski definition) is 0. The normalized spacial score (nSPS) is 12.7. The molecule has 0 fully saturated rings. The number of rotatable bonds is 1. The van der Waals surface area contributed by atoms with Gasteiger partial charge in [0.25, 0.3) is 0 Å². The first kappa shape index (κ1) is 9.13. The van der Waals surface area contributed by atoms with Gasteiger partial charge >= 0.3 is 0 Å². The van der Waals surface area contributed by atoms with Crippen molar-refractivity contribution in [1.82, 2.24) is 0 Å². The van der Waals surface area contributed by atoms with Gasteiger partial charge in [-0.2, -0.15) is 4.39 Å². The summed E-state index contributed by atoms with van der Waals surface area (Å²) in [4.78, 5) is 0. The summed E-state index contributed by atoms with van der Waals surface area (Å²) in [6.45, 7) is 0. The minimum atomic E-state index is -1.43. The molecule has 0 N–H and O–H groups in total. The van der Waals surface area contributed by atoms with Crippen molar-refractivity contribution in [3.63, 3.8) is 0 Å². The number of halogens is 4. The standard InChI is InChI=1S/C8H4ClF3/c9-8(12)7(11)5-1-3-6(10)4-2-5/h1-4H/b8-7+. The third-order valence-electron chi connectivity index (χ3n) is 1.26. The molecule has 4 heteroatoms. The molecular weight excluding hydrogens is 189 g/mol. The van der Waals surface area contributed by atoms with Crippen LogP contribution in [-0.2, 0) is 0 Å². The molecule has 12 heavy (non-hydrogen) atoms. The van der Waals surface area contributed by atoms with E-state index < -0.39 is 16.9 Å². The van der Waals surface area contributed by atoms with Gasteiger partial charge in [0.1, 0.15) is 5.82 Å². The zero-order valence-corrected chi connectivity index (χ0v) is 6.58. The Morgan fingerprint density at radius 1 is 1.08 bits per heavy atom. The van der Waals surface area contributed by atoms with Gasteiger partial charge in [0.15, 0.2) is 5.83 Å². The van der Waals surface area contributed by atoms with E-state index in [1.165, 1.54) is 0 Å². The zero-order valence-electron chi connectivity index (χ0n) is 5.82. The van der Waals surface area contributed by atoms with Crippen LogP contribution in [0.1, 0.15) is 5.56 Å². The summed E-state index contributed by atoms with van der Waals surface area (Å²) in [7, 11) is 0. The van der Waals surface area contributed by atoms with Gasteiger partial charge in [0, 0.05) is 5.56 Å². The monoisotopic (exact) mass is 192 g/mol. The summed E-state index contributed by atoms with van der Waals surface area (Å²) in [5.74, 6) is -1.70. The largest absolute Gasteiger partial charge is 0.225 e. The van der Waals surface area contributed by atoms with Gasteiger partial charge in [-0.25, -0.2) is 8.78 Å². The van der Waals surface area contributed by atoms with Crippen molar-refractivity contribution in [2.75, 3.05) is 0 Å². The predicted molar refractivity (Wildman–Crippen MR) is 41.4 cm³/mol. The number of benzene rings is 1. The maximum atomic E-state index is 12.6. The Kier molecular flexibility index (Phi) is 2.76. The van der Waals surface area contributed by atoms with E-state index in [0.717, 1.165) is 24.3 Å². The molecule has 0 saturated heterocycles. The highest BCUT2D eigenvalue weighted by atomic mass is 35.5. The second kappa shape index (κ2) is 3.63. The third-order valence-corrected chi connectivity index (χ3v) is 1.43. The highest BCUT2D eigenvalue weighted by Crippen LogP contribution is 2.23. The first-order valence-corrected chi connectivity index (χ1v) is 3.46. The average molecular weight is 193 g/mol. The second-order valence-corrected chi connectivity index (χ2v) is 2.41. The topological polar surface area (TPSA) is 0 Å². The lowest BCUT2D eigenvalue weighted by molar-refractivity contribution is 0.626. The SMILES string of the molecule is F/C(Cl)=C(/F)c1ccc(F)cc1. The van der Waals surface area contributed by atoms with Crippen molar-refractivity contribution >= 4 is 17.4 Å². The highest BCUT2D eigenvalue weighted by molar-refractivity contribution is 6.30. The van der Waals surface area contributed by atoms with E-state index in [9.17, 15) is 13.2 Å². The van der Waals surface area contributed by atoms with Crippen molar-refractivity contribution in [2.24, 2.45) is 0 Å². The molecule has 0 aliphatic carbocycles. The minimum absolute atomic E-state index is 0.0797. The summed E-state index contributed by atoms with van der Waals surface area (Å²) in [5, 5.41) is -1.43. The van der Waals surface area contributed by atoms with Gasteiger partial charge in [-0.3, -0.25) is 0 Å². The van der Waals surface area contributed by atoms with Crippen LogP contribution in [0.3, 0.4) is 0 Å². The maximum Gasteiger partial charge on any atom is 0.225 e. The van der Waals surface area contributed by atoms with Crippen LogP contribution in [-0.4, -0.2) is 0 Å². The van der Waals surface area contributed by atoms with Gasteiger partial charge in [-0.05, 0) is 35.9 Å². The van der Waals surface area contributed by atoms with Crippen LogP contribution in [0.5, 0.6) is 0 Å². The predicted octanol–water partition coefficient (Wildman–Crippen LogP) is 3.63. The van der Waals surface area contributed by atoms with Crippen LogP contribution in [0.4, 0.5) is 13.2 Å². The molecule has 1 rings (SSSR count). The molecule has 0 amide bonds. The van der Waals surface area contributed by atoms with Crippen LogP contribution in [0, 0.1) is 5.82 Å². The van der Waals surface area contributed by atoms with E-state index in [2.05, 4.69) is 0 Å². The first-order chi connectivity index (χ1) is 5.61. The summed E-state index contributed by atoms with van der Waals surface area (Å²) in [6.07, 6.45) is 0. The van der Waals surface area contributed by atoms with E-state index in [1.807, 2.05) is 0 Å². The van der Waals surface area contributed by atoms with Gasteiger partial charge in [0.2, 0.25) is 5.29 Å². The van der Waals surface area contributed by atoms with Crippen LogP contribution >= 0.6 is 11.6 Å². The third kappa shape index (κ3) is 2.01. The van der Waals surface area contributed by atoms with Crippen molar-refractivity contribution in [2.45, 2.75) is 0 Å². The van der Waals surface area contributed by atoms with E-state index >= 15 is 0 Å². The highest BCUT2D eigenvalue weighted by Gasteiger charge is 2.05. The summed E-state index contributed by atoms with van der Waals surface area (Å²) in [5.41, 5.74) is -0.0797. The molecule has 0 aliphatic rings. The Morgan fingerprint density at radius 3 is 2.00 bits per heavy atom. The molecule has 0 bridgehead atoms. The molecular formula is C8H4ClF3. The van der Waals surface area contributed by atoms with Crippen LogP contribution in [0.25, 0.3) is 5.83 Å². The van der Waals surface area contributed by atoms with Crippen LogP contribution in [0.2, 0.25) is 0 Å². The molecule has 0 aromatic heterocycles. The van der Waals surface area contributed by atoms with Crippen molar-refractivity contribution in [1.29, 1.82) is 0 Å². The molecule has 0 saturated carbocycles. The van der Waals surface area contributed by atoms with E-state index in [4.69, 9.17) is 11.6 Å². The Hall–Kier alpha value is -0.960. The Morgan fingerprint density at radius 2 is 1.58 bits per heavy atom. The van der Waals surface area contributed by atoms with Crippen LogP contribution < -0.4 is 0 Å². The molecule has 0 spiro atoms. The first-order valence-electron chi connectivity index (χ1n) is 3.08. The van der Waals surface area contributed by atoms with Crippen molar-refractivity contribution < 1.29 is 13.2 Å². The maximum absolute atomic E-state index is 12.6. The van der Waals surface area contributed by atoms with Gasteiger partial charge in [0.05, 0.1) is 0 Å². The molecule has 64 valence electrons. The Balaban J connectivity index is 3.06. The fraction of sp³-hybridized carbons (Fsp3) is 0. The number of hydrogen-bond donors (Lipinski definition) is 0. The van der Waals surface area contributed by atoms with E-state index in [1.54, 1.807) is 0 Å². The molecule has 1 aromatic carbocycles. The molecule has 0 radical (unpaired) electrons.